The van der Waals surface area contributed by atoms with Crippen molar-refractivity contribution >= 4 is 38.9 Å². The van der Waals surface area contributed by atoms with Crippen LogP contribution in [-0.2, 0) is 10.0 Å². The number of carbonyl (C=O) groups excluding carboxylic acids is 1. The Kier molecular flexibility index (Phi) is 6.13. The Balaban J connectivity index is 1.62. The van der Waals surface area contributed by atoms with E-state index in [1.165, 1.54) is 33.6 Å². The second kappa shape index (κ2) is 8.18. The maximum absolute atomic E-state index is 12.7. The molecular weight excluding hydrogens is 390 g/mol. The summed E-state index contributed by atoms with van der Waals surface area (Å²) in [7, 11) is -1.52. The summed E-state index contributed by atoms with van der Waals surface area (Å²) < 4.78 is 26.8. The highest BCUT2D eigenvalue weighted by Gasteiger charge is 2.27. The molecule has 0 aromatic carbocycles. The first-order chi connectivity index (χ1) is 12.4. The third kappa shape index (κ3) is 4.52. The van der Waals surface area contributed by atoms with Gasteiger partial charge in [-0.2, -0.15) is 4.31 Å². The van der Waals surface area contributed by atoms with Gasteiger partial charge >= 0.3 is 0 Å². The SMILES string of the molecule is Cc1ccc(C(=O)CSc2ccc(S(=O)(=O)N3CCN(C)CC3)cn2)s1. The van der Waals surface area contributed by atoms with E-state index in [1.807, 2.05) is 26.1 Å². The van der Waals surface area contributed by atoms with Crippen LogP contribution in [0.25, 0.3) is 0 Å². The normalized spacial score (nSPS) is 16.7. The molecule has 0 radical (unpaired) electrons. The molecular formula is C17H21N3O3S3. The molecule has 0 unspecified atom stereocenters. The van der Waals surface area contributed by atoms with Crippen LogP contribution in [0.4, 0.5) is 0 Å². The van der Waals surface area contributed by atoms with Crippen molar-refractivity contribution in [3.63, 3.8) is 0 Å². The minimum Gasteiger partial charge on any atom is -0.304 e. The average molecular weight is 412 g/mol. The number of piperazine rings is 1. The van der Waals surface area contributed by atoms with Gasteiger partial charge in [0.1, 0.15) is 4.90 Å². The number of thioether (sulfide) groups is 1. The van der Waals surface area contributed by atoms with E-state index in [-0.39, 0.29) is 16.4 Å². The zero-order valence-electron chi connectivity index (χ0n) is 14.7. The van der Waals surface area contributed by atoms with Crippen molar-refractivity contribution in [3.05, 3.63) is 40.2 Å². The second-order valence-corrected chi connectivity index (χ2v) is 10.4. The fourth-order valence-electron chi connectivity index (χ4n) is 2.58. The molecule has 0 spiro atoms. The van der Waals surface area contributed by atoms with E-state index < -0.39 is 10.0 Å². The highest BCUT2D eigenvalue weighted by Crippen LogP contribution is 2.23. The number of hydrogen-bond acceptors (Lipinski definition) is 7. The van der Waals surface area contributed by atoms with Gasteiger partial charge in [0, 0.05) is 37.3 Å². The molecule has 2 aromatic rings. The third-order valence-electron chi connectivity index (χ3n) is 4.18. The number of aryl methyl sites for hydroxylation is 1. The lowest BCUT2D eigenvalue weighted by atomic mass is 10.3. The fourth-order valence-corrected chi connectivity index (χ4v) is 5.57. The van der Waals surface area contributed by atoms with Gasteiger partial charge in [-0.15, -0.1) is 11.3 Å². The Hall–Kier alpha value is -1.26. The largest absolute Gasteiger partial charge is 0.304 e. The van der Waals surface area contributed by atoms with Crippen LogP contribution in [0.15, 0.2) is 40.4 Å². The lowest BCUT2D eigenvalue weighted by Crippen LogP contribution is -2.47. The van der Waals surface area contributed by atoms with Crippen molar-refractivity contribution in [2.45, 2.75) is 16.8 Å². The molecule has 3 heterocycles. The van der Waals surface area contributed by atoms with Gasteiger partial charge in [-0.25, -0.2) is 13.4 Å². The molecule has 0 N–H and O–H groups in total. The van der Waals surface area contributed by atoms with Crippen molar-refractivity contribution in [2.75, 3.05) is 39.0 Å². The van der Waals surface area contributed by atoms with Crippen molar-refractivity contribution in [1.29, 1.82) is 0 Å². The van der Waals surface area contributed by atoms with E-state index in [0.717, 1.165) is 22.8 Å². The predicted molar refractivity (Wildman–Crippen MR) is 105 cm³/mol. The molecule has 0 saturated carbocycles. The average Bonchev–Trinajstić information content (AvgIpc) is 3.07. The molecule has 1 fully saturated rings. The number of rotatable bonds is 6. The van der Waals surface area contributed by atoms with Crippen LogP contribution in [0.1, 0.15) is 14.5 Å². The summed E-state index contributed by atoms with van der Waals surface area (Å²) in [5.41, 5.74) is 0. The van der Waals surface area contributed by atoms with E-state index in [4.69, 9.17) is 0 Å². The molecule has 1 aliphatic heterocycles. The fraction of sp³-hybridized carbons (Fsp3) is 0.412. The number of ketones is 1. The number of sulfonamides is 1. The topological polar surface area (TPSA) is 70.6 Å². The molecule has 0 amide bonds. The van der Waals surface area contributed by atoms with Gasteiger partial charge in [0.15, 0.2) is 5.78 Å². The van der Waals surface area contributed by atoms with Crippen LogP contribution in [0.2, 0.25) is 0 Å². The number of likely N-dealkylation sites (N-methyl/N-ethyl adjacent to an activating group) is 1. The molecule has 1 aliphatic rings. The van der Waals surface area contributed by atoms with Crippen LogP contribution in [0, 0.1) is 6.92 Å². The van der Waals surface area contributed by atoms with Gasteiger partial charge in [0.2, 0.25) is 10.0 Å². The Morgan fingerprint density at radius 3 is 2.50 bits per heavy atom. The van der Waals surface area contributed by atoms with E-state index in [2.05, 4.69) is 9.88 Å². The lowest BCUT2D eigenvalue weighted by molar-refractivity contribution is 0.102. The van der Waals surface area contributed by atoms with Crippen molar-refractivity contribution in [2.24, 2.45) is 0 Å². The zero-order chi connectivity index (χ0) is 18.7. The minimum absolute atomic E-state index is 0.0593. The van der Waals surface area contributed by atoms with Crippen molar-refractivity contribution in [3.8, 4) is 0 Å². The van der Waals surface area contributed by atoms with Crippen molar-refractivity contribution < 1.29 is 13.2 Å². The molecule has 2 aromatic heterocycles. The number of carbonyl (C=O) groups is 1. The summed E-state index contributed by atoms with van der Waals surface area (Å²) in [4.78, 5) is 20.5. The van der Waals surface area contributed by atoms with Gasteiger partial charge in [-0.05, 0) is 38.2 Å². The van der Waals surface area contributed by atoms with Crippen LogP contribution < -0.4 is 0 Å². The maximum atomic E-state index is 12.7. The number of thiophene rings is 1. The van der Waals surface area contributed by atoms with Gasteiger partial charge in [0.25, 0.3) is 0 Å². The lowest BCUT2D eigenvalue weighted by Gasteiger charge is -2.31. The molecule has 140 valence electrons. The summed E-state index contributed by atoms with van der Waals surface area (Å²) in [6.45, 7) is 4.40. The Bertz CT molecular complexity index is 870. The summed E-state index contributed by atoms with van der Waals surface area (Å²) in [6.07, 6.45) is 1.38. The van der Waals surface area contributed by atoms with E-state index in [1.54, 1.807) is 12.1 Å². The summed E-state index contributed by atoms with van der Waals surface area (Å²) >= 11 is 2.80. The highest BCUT2D eigenvalue weighted by atomic mass is 32.2. The van der Waals surface area contributed by atoms with Gasteiger partial charge in [-0.1, -0.05) is 11.8 Å². The first-order valence-corrected chi connectivity index (χ1v) is 11.5. The minimum atomic E-state index is -3.50. The molecule has 0 aliphatic carbocycles. The number of hydrogen-bond donors (Lipinski definition) is 0. The zero-order valence-corrected chi connectivity index (χ0v) is 17.2. The van der Waals surface area contributed by atoms with Crippen molar-refractivity contribution in [1.82, 2.24) is 14.2 Å². The molecule has 3 rings (SSSR count). The van der Waals surface area contributed by atoms with E-state index >= 15 is 0 Å². The van der Waals surface area contributed by atoms with E-state index in [9.17, 15) is 13.2 Å². The smallest absolute Gasteiger partial charge is 0.244 e. The second-order valence-electron chi connectivity index (χ2n) is 6.16. The quantitative estimate of drug-likeness (QED) is 0.537. The van der Waals surface area contributed by atoms with Crippen LogP contribution >= 0.6 is 23.1 Å². The molecule has 26 heavy (non-hydrogen) atoms. The molecule has 1 saturated heterocycles. The monoisotopic (exact) mass is 411 g/mol. The Labute approximate surface area is 162 Å². The predicted octanol–water partition coefficient (Wildman–Crippen LogP) is 2.36. The number of Topliss-reactive ketones (excluding diaryl/α,β-unsaturated/α-hetero) is 1. The number of pyridine rings is 1. The first kappa shape index (κ1) is 19.5. The standard InChI is InChI=1S/C17H21N3O3S3/c1-13-3-5-16(25-13)15(21)12-24-17-6-4-14(11-18-17)26(22,23)20-9-7-19(2)8-10-20/h3-6,11H,7-10,12H2,1-2H3. The van der Waals surface area contributed by atoms with Gasteiger partial charge < -0.3 is 4.90 Å². The number of aromatic nitrogens is 1. The van der Waals surface area contributed by atoms with Crippen LogP contribution in [0.5, 0.6) is 0 Å². The highest BCUT2D eigenvalue weighted by molar-refractivity contribution is 8.00. The first-order valence-electron chi connectivity index (χ1n) is 8.23. The van der Waals surface area contributed by atoms with Gasteiger partial charge in [0.05, 0.1) is 15.7 Å². The van der Waals surface area contributed by atoms with E-state index in [0.29, 0.717) is 18.1 Å². The molecule has 0 atom stereocenters. The summed E-state index contributed by atoms with van der Waals surface area (Å²) in [5, 5.41) is 0.643. The Morgan fingerprint density at radius 1 is 1.19 bits per heavy atom. The van der Waals surface area contributed by atoms with Crippen LogP contribution in [-0.4, -0.2) is 67.4 Å². The molecule has 6 nitrogen and oxygen atoms in total. The molecule has 0 bridgehead atoms. The summed E-state index contributed by atoms with van der Waals surface area (Å²) in [5.74, 6) is 0.348. The third-order valence-corrected chi connectivity index (χ3v) is 8.04. The molecule has 9 heteroatoms. The maximum Gasteiger partial charge on any atom is 0.244 e. The summed E-state index contributed by atoms with van der Waals surface area (Å²) in [6, 6.07) is 7.00. The number of nitrogens with zero attached hydrogens (tertiary/aromatic N) is 3. The van der Waals surface area contributed by atoms with Gasteiger partial charge in [-0.3, -0.25) is 4.79 Å². The Morgan fingerprint density at radius 2 is 1.92 bits per heavy atom. The van der Waals surface area contributed by atoms with Crippen LogP contribution in [0.3, 0.4) is 0 Å².